The molecule has 0 aliphatic rings. The fourth-order valence-electron chi connectivity index (χ4n) is 1.64. The number of hydrogen-bond acceptors (Lipinski definition) is 2. The van der Waals surface area contributed by atoms with Crippen LogP contribution in [-0.2, 0) is 6.42 Å². The van der Waals surface area contributed by atoms with Crippen LogP contribution in [0.25, 0.3) is 11.0 Å². The fourth-order valence-corrected chi connectivity index (χ4v) is 1.64. The molecule has 0 aliphatic carbocycles. The van der Waals surface area contributed by atoms with Crippen molar-refractivity contribution in [1.82, 2.24) is 9.97 Å². The van der Waals surface area contributed by atoms with E-state index in [1.807, 2.05) is 38.1 Å². The van der Waals surface area contributed by atoms with E-state index in [1.54, 1.807) is 0 Å². The van der Waals surface area contributed by atoms with E-state index in [-0.39, 0.29) is 6.04 Å². The number of nitrogens with two attached hydrogens (primary N) is 1. The smallest absolute Gasteiger partial charge is 0.114 e. The minimum atomic E-state index is 0.226. The van der Waals surface area contributed by atoms with Crippen molar-refractivity contribution >= 4 is 16.9 Å². The first-order valence-electron chi connectivity index (χ1n) is 5.41. The molecule has 4 heteroatoms. The standard InChI is InChI=1S/C12H16N4/c1-8(2)14-11(13)7-12-15-9-5-3-4-6-10(9)16-12/h3-6,8H,7H2,1-2H3,(H2,13,14)(H,15,16). The number of aromatic nitrogens is 2. The summed E-state index contributed by atoms with van der Waals surface area (Å²) >= 11 is 0. The summed E-state index contributed by atoms with van der Waals surface area (Å²) in [6, 6.07) is 8.16. The summed E-state index contributed by atoms with van der Waals surface area (Å²) in [6.07, 6.45) is 0.576. The Morgan fingerprint density at radius 1 is 1.44 bits per heavy atom. The van der Waals surface area contributed by atoms with Crippen LogP contribution in [-0.4, -0.2) is 21.8 Å². The lowest BCUT2D eigenvalue weighted by Crippen LogP contribution is -2.17. The highest BCUT2D eigenvalue weighted by atomic mass is 14.9. The Morgan fingerprint density at radius 3 is 2.88 bits per heavy atom. The molecule has 0 atom stereocenters. The number of rotatable bonds is 3. The van der Waals surface area contributed by atoms with E-state index in [4.69, 9.17) is 5.73 Å². The predicted octanol–water partition coefficient (Wildman–Crippen LogP) is 1.87. The molecule has 0 fully saturated rings. The number of imidazole rings is 1. The molecule has 1 aromatic carbocycles. The monoisotopic (exact) mass is 216 g/mol. The van der Waals surface area contributed by atoms with Gasteiger partial charge in [0.1, 0.15) is 11.7 Å². The van der Waals surface area contributed by atoms with Crippen molar-refractivity contribution in [3.63, 3.8) is 0 Å². The van der Waals surface area contributed by atoms with Crippen molar-refractivity contribution in [2.24, 2.45) is 10.7 Å². The van der Waals surface area contributed by atoms with E-state index < -0.39 is 0 Å². The van der Waals surface area contributed by atoms with Crippen molar-refractivity contribution in [3.8, 4) is 0 Å². The minimum Gasteiger partial charge on any atom is -0.387 e. The van der Waals surface area contributed by atoms with E-state index in [2.05, 4.69) is 15.0 Å². The van der Waals surface area contributed by atoms with Gasteiger partial charge < -0.3 is 10.7 Å². The number of nitrogens with one attached hydrogen (secondary N) is 1. The van der Waals surface area contributed by atoms with Crippen LogP contribution in [0.15, 0.2) is 29.3 Å². The third-order valence-electron chi connectivity index (χ3n) is 2.21. The van der Waals surface area contributed by atoms with E-state index in [0.29, 0.717) is 12.3 Å². The van der Waals surface area contributed by atoms with Crippen LogP contribution in [0, 0.1) is 0 Å². The molecule has 0 bridgehead atoms. The molecule has 0 saturated heterocycles. The molecule has 0 aliphatic heterocycles. The highest BCUT2D eigenvalue weighted by Gasteiger charge is 2.04. The van der Waals surface area contributed by atoms with Gasteiger partial charge in [0.05, 0.1) is 17.5 Å². The Labute approximate surface area is 94.6 Å². The third-order valence-corrected chi connectivity index (χ3v) is 2.21. The number of benzene rings is 1. The van der Waals surface area contributed by atoms with Crippen molar-refractivity contribution in [2.75, 3.05) is 0 Å². The average Bonchev–Trinajstić information content (AvgIpc) is 2.57. The molecular weight excluding hydrogens is 200 g/mol. The van der Waals surface area contributed by atoms with E-state index in [9.17, 15) is 0 Å². The van der Waals surface area contributed by atoms with Gasteiger partial charge in [-0.1, -0.05) is 12.1 Å². The molecule has 0 unspecified atom stereocenters. The molecule has 3 N–H and O–H groups in total. The zero-order valence-electron chi connectivity index (χ0n) is 9.57. The van der Waals surface area contributed by atoms with Gasteiger partial charge in [-0.15, -0.1) is 0 Å². The van der Waals surface area contributed by atoms with Crippen molar-refractivity contribution in [3.05, 3.63) is 30.1 Å². The van der Waals surface area contributed by atoms with Crippen LogP contribution in [0.3, 0.4) is 0 Å². The average molecular weight is 216 g/mol. The van der Waals surface area contributed by atoms with E-state index in [0.717, 1.165) is 16.9 Å². The molecule has 16 heavy (non-hydrogen) atoms. The molecule has 0 saturated carbocycles. The number of aromatic amines is 1. The maximum Gasteiger partial charge on any atom is 0.114 e. The Bertz CT molecular complexity index is 477. The number of hydrogen-bond donors (Lipinski definition) is 2. The topological polar surface area (TPSA) is 67.1 Å². The van der Waals surface area contributed by atoms with Gasteiger partial charge in [0, 0.05) is 6.04 Å². The fraction of sp³-hybridized carbons (Fsp3) is 0.333. The van der Waals surface area contributed by atoms with Gasteiger partial charge in [0.15, 0.2) is 0 Å². The summed E-state index contributed by atoms with van der Waals surface area (Å²) in [5, 5.41) is 0. The van der Waals surface area contributed by atoms with Crippen LogP contribution < -0.4 is 5.73 Å². The van der Waals surface area contributed by atoms with Crippen LogP contribution >= 0.6 is 0 Å². The highest BCUT2D eigenvalue weighted by molar-refractivity contribution is 5.83. The molecule has 84 valence electrons. The van der Waals surface area contributed by atoms with Crippen LogP contribution in [0.4, 0.5) is 0 Å². The molecule has 0 radical (unpaired) electrons. The molecule has 4 nitrogen and oxygen atoms in total. The first-order chi connectivity index (χ1) is 7.65. The molecule has 0 amide bonds. The van der Waals surface area contributed by atoms with Gasteiger partial charge in [0.25, 0.3) is 0 Å². The van der Waals surface area contributed by atoms with Crippen molar-refractivity contribution in [1.29, 1.82) is 0 Å². The lowest BCUT2D eigenvalue weighted by molar-refractivity contribution is 0.827. The summed E-state index contributed by atoms with van der Waals surface area (Å²) < 4.78 is 0. The van der Waals surface area contributed by atoms with Gasteiger partial charge in [-0.05, 0) is 26.0 Å². The largest absolute Gasteiger partial charge is 0.387 e. The lowest BCUT2D eigenvalue weighted by atomic mass is 10.3. The second-order valence-corrected chi connectivity index (χ2v) is 4.09. The first kappa shape index (κ1) is 10.7. The Morgan fingerprint density at radius 2 is 2.19 bits per heavy atom. The van der Waals surface area contributed by atoms with Crippen molar-refractivity contribution < 1.29 is 0 Å². The predicted molar refractivity (Wildman–Crippen MR) is 66.6 cm³/mol. The van der Waals surface area contributed by atoms with Gasteiger partial charge in [-0.25, -0.2) is 4.98 Å². The number of amidine groups is 1. The molecule has 2 aromatic rings. The van der Waals surface area contributed by atoms with Gasteiger partial charge in [0.2, 0.25) is 0 Å². The summed E-state index contributed by atoms with van der Waals surface area (Å²) in [5.74, 6) is 1.48. The first-order valence-corrected chi connectivity index (χ1v) is 5.41. The Kier molecular flexibility index (Phi) is 2.90. The maximum atomic E-state index is 5.82. The summed E-state index contributed by atoms with van der Waals surface area (Å²) in [6.45, 7) is 4.01. The zero-order chi connectivity index (χ0) is 11.5. The van der Waals surface area contributed by atoms with E-state index >= 15 is 0 Å². The molecule has 1 aromatic heterocycles. The third kappa shape index (κ3) is 2.39. The van der Waals surface area contributed by atoms with Gasteiger partial charge >= 0.3 is 0 Å². The summed E-state index contributed by atoms with van der Waals surface area (Å²) in [4.78, 5) is 11.9. The van der Waals surface area contributed by atoms with Crippen molar-refractivity contribution in [2.45, 2.75) is 26.3 Å². The number of aliphatic imine (C=N–C) groups is 1. The second-order valence-electron chi connectivity index (χ2n) is 4.09. The molecule has 1 heterocycles. The summed E-state index contributed by atoms with van der Waals surface area (Å²) in [7, 11) is 0. The number of fused-ring (bicyclic) bond motifs is 1. The lowest BCUT2D eigenvalue weighted by Gasteiger charge is -2.00. The normalized spacial score (nSPS) is 12.6. The Balaban J connectivity index is 2.22. The summed E-state index contributed by atoms with van der Waals surface area (Å²) in [5.41, 5.74) is 7.82. The number of para-hydroxylation sites is 2. The van der Waals surface area contributed by atoms with E-state index in [1.165, 1.54) is 0 Å². The molecule has 0 spiro atoms. The van der Waals surface area contributed by atoms with Gasteiger partial charge in [-0.3, -0.25) is 4.99 Å². The quantitative estimate of drug-likeness (QED) is 0.607. The maximum absolute atomic E-state index is 5.82. The second kappa shape index (κ2) is 4.35. The highest BCUT2D eigenvalue weighted by Crippen LogP contribution is 2.10. The zero-order valence-corrected chi connectivity index (χ0v) is 9.57. The SMILES string of the molecule is CC(C)N=C(N)Cc1nc2ccccc2[nH]1. The Hall–Kier alpha value is -1.84. The minimum absolute atomic E-state index is 0.226. The van der Waals surface area contributed by atoms with Gasteiger partial charge in [-0.2, -0.15) is 0 Å². The number of H-pyrrole nitrogens is 1. The molecular formula is C12H16N4. The number of nitrogens with zero attached hydrogens (tertiary/aromatic N) is 2. The van der Waals surface area contributed by atoms with Crippen LogP contribution in [0.1, 0.15) is 19.7 Å². The molecule has 2 rings (SSSR count). The van der Waals surface area contributed by atoms with Crippen LogP contribution in [0.5, 0.6) is 0 Å². The van der Waals surface area contributed by atoms with Crippen LogP contribution in [0.2, 0.25) is 0 Å².